The van der Waals surface area contributed by atoms with Crippen molar-refractivity contribution >= 4 is 11.8 Å². The van der Waals surface area contributed by atoms with Crippen molar-refractivity contribution in [2.75, 3.05) is 12.1 Å². The number of ether oxygens (including phenoxy) is 3. The largest absolute Gasteiger partial charge is 0.454 e. The van der Waals surface area contributed by atoms with Gasteiger partial charge in [-0.15, -0.1) is 0 Å². The minimum atomic E-state index is -0.551. The SMILES string of the molecule is O=C(Nc1ccc2c(c1)OCO2)Oc1ccccc1.[HH]. The molecule has 98 valence electrons. The number of anilines is 1. The quantitative estimate of drug-likeness (QED) is 0.899. The normalized spacial score (nSPS) is 12.0. The minimum Gasteiger partial charge on any atom is -0.454 e. The topological polar surface area (TPSA) is 56.8 Å². The molecule has 3 rings (SSSR count). The van der Waals surface area contributed by atoms with Crippen molar-refractivity contribution in [3.8, 4) is 17.2 Å². The Morgan fingerprint density at radius 3 is 2.74 bits per heavy atom. The predicted octanol–water partition coefficient (Wildman–Crippen LogP) is 3.27. The van der Waals surface area contributed by atoms with Crippen molar-refractivity contribution in [2.24, 2.45) is 0 Å². The molecule has 1 amide bonds. The highest BCUT2D eigenvalue weighted by Gasteiger charge is 2.14. The molecular weight excluding hydrogens is 246 g/mol. The van der Waals surface area contributed by atoms with Gasteiger partial charge in [0.1, 0.15) is 5.75 Å². The summed E-state index contributed by atoms with van der Waals surface area (Å²) in [6.45, 7) is 0.202. The molecule has 5 nitrogen and oxygen atoms in total. The van der Waals surface area contributed by atoms with E-state index in [4.69, 9.17) is 14.2 Å². The fraction of sp³-hybridized carbons (Fsp3) is 0.0714. The van der Waals surface area contributed by atoms with Crippen molar-refractivity contribution in [1.29, 1.82) is 0 Å². The third kappa shape index (κ3) is 2.60. The summed E-state index contributed by atoms with van der Waals surface area (Å²) in [7, 11) is 0. The highest BCUT2D eigenvalue weighted by atomic mass is 16.7. The van der Waals surface area contributed by atoms with E-state index in [0.717, 1.165) is 0 Å². The molecule has 5 heteroatoms. The number of carbonyl (C=O) groups excluding carboxylic acids is 1. The highest BCUT2D eigenvalue weighted by molar-refractivity contribution is 5.86. The molecule has 0 atom stereocenters. The van der Waals surface area contributed by atoms with Crippen molar-refractivity contribution in [3.05, 3.63) is 48.5 Å². The fourth-order valence-electron chi connectivity index (χ4n) is 1.71. The van der Waals surface area contributed by atoms with E-state index < -0.39 is 6.09 Å². The van der Waals surface area contributed by atoms with Gasteiger partial charge in [0.25, 0.3) is 0 Å². The monoisotopic (exact) mass is 259 g/mol. The molecule has 1 N–H and O–H groups in total. The van der Waals surface area contributed by atoms with Crippen LogP contribution < -0.4 is 19.5 Å². The summed E-state index contributed by atoms with van der Waals surface area (Å²) in [6, 6.07) is 14.0. The van der Waals surface area contributed by atoms with Gasteiger partial charge < -0.3 is 14.2 Å². The molecule has 0 saturated heterocycles. The van der Waals surface area contributed by atoms with Crippen LogP contribution >= 0.6 is 0 Å². The lowest BCUT2D eigenvalue weighted by Crippen LogP contribution is -2.16. The van der Waals surface area contributed by atoms with Crippen molar-refractivity contribution in [3.63, 3.8) is 0 Å². The second-order valence-electron chi connectivity index (χ2n) is 3.90. The van der Waals surface area contributed by atoms with Crippen molar-refractivity contribution in [1.82, 2.24) is 0 Å². The van der Waals surface area contributed by atoms with Gasteiger partial charge in [-0.25, -0.2) is 4.79 Å². The third-order valence-electron chi connectivity index (χ3n) is 2.57. The lowest BCUT2D eigenvalue weighted by atomic mass is 10.3. The molecule has 0 bridgehead atoms. The van der Waals surface area contributed by atoms with Gasteiger partial charge in [0.05, 0.1) is 0 Å². The Bertz CT molecular complexity index is 603. The van der Waals surface area contributed by atoms with Crippen LogP contribution in [0, 0.1) is 0 Å². The van der Waals surface area contributed by atoms with E-state index in [1.54, 1.807) is 42.5 Å². The van der Waals surface area contributed by atoms with Crippen molar-refractivity contribution in [2.45, 2.75) is 0 Å². The average Bonchev–Trinajstić information content (AvgIpc) is 2.87. The third-order valence-corrected chi connectivity index (χ3v) is 2.57. The first-order valence-electron chi connectivity index (χ1n) is 5.75. The summed E-state index contributed by atoms with van der Waals surface area (Å²) in [5, 5.41) is 2.62. The predicted molar refractivity (Wildman–Crippen MR) is 70.8 cm³/mol. The summed E-state index contributed by atoms with van der Waals surface area (Å²) < 4.78 is 15.5. The van der Waals surface area contributed by atoms with Gasteiger partial charge in [-0.2, -0.15) is 0 Å². The highest BCUT2D eigenvalue weighted by Crippen LogP contribution is 2.34. The van der Waals surface area contributed by atoms with Crippen LogP contribution in [-0.2, 0) is 0 Å². The second kappa shape index (κ2) is 4.89. The zero-order chi connectivity index (χ0) is 13.1. The fourth-order valence-corrected chi connectivity index (χ4v) is 1.71. The molecule has 1 heterocycles. The summed E-state index contributed by atoms with van der Waals surface area (Å²) in [6.07, 6.45) is -0.551. The van der Waals surface area contributed by atoms with Gasteiger partial charge in [0.15, 0.2) is 11.5 Å². The van der Waals surface area contributed by atoms with Gasteiger partial charge in [0, 0.05) is 13.2 Å². The summed E-state index contributed by atoms with van der Waals surface area (Å²) in [4.78, 5) is 11.7. The van der Waals surface area contributed by atoms with Crippen LogP contribution in [0.3, 0.4) is 0 Å². The van der Waals surface area contributed by atoms with Crippen LogP contribution in [0.4, 0.5) is 10.5 Å². The van der Waals surface area contributed by atoms with E-state index in [0.29, 0.717) is 22.9 Å². The second-order valence-corrected chi connectivity index (χ2v) is 3.90. The Morgan fingerprint density at radius 2 is 1.89 bits per heavy atom. The van der Waals surface area contributed by atoms with Crippen molar-refractivity contribution < 1.29 is 20.4 Å². The maximum atomic E-state index is 11.7. The molecule has 0 aromatic heterocycles. The zero-order valence-electron chi connectivity index (χ0n) is 9.96. The summed E-state index contributed by atoms with van der Waals surface area (Å²) in [5.41, 5.74) is 0.588. The zero-order valence-corrected chi connectivity index (χ0v) is 9.96. The molecule has 19 heavy (non-hydrogen) atoms. The standard InChI is InChI=1S/C14H11NO4.H2/c16-14(19-11-4-2-1-3-5-11)15-10-6-7-12-13(8-10)18-9-17-12;/h1-8H,9H2,(H,15,16);1H. The van der Waals surface area contributed by atoms with Gasteiger partial charge in [-0.05, 0) is 24.3 Å². The number of para-hydroxylation sites is 1. The van der Waals surface area contributed by atoms with E-state index >= 15 is 0 Å². The lowest BCUT2D eigenvalue weighted by Gasteiger charge is -2.07. The van der Waals surface area contributed by atoms with E-state index in [1.807, 2.05) is 6.07 Å². The molecule has 0 unspecified atom stereocenters. The van der Waals surface area contributed by atoms with Gasteiger partial charge >= 0.3 is 6.09 Å². The first-order chi connectivity index (χ1) is 9.31. The first-order valence-corrected chi connectivity index (χ1v) is 5.75. The smallest absolute Gasteiger partial charge is 0.417 e. The molecule has 2 aromatic rings. The number of fused-ring (bicyclic) bond motifs is 1. The van der Waals surface area contributed by atoms with Crippen LogP contribution in [0.5, 0.6) is 17.2 Å². The van der Waals surface area contributed by atoms with Gasteiger partial charge in [0.2, 0.25) is 6.79 Å². The van der Waals surface area contributed by atoms with Crippen LogP contribution in [0.25, 0.3) is 0 Å². The average molecular weight is 259 g/mol. The van der Waals surface area contributed by atoms with E-state index in [1.165, 1.54) is 0 Å². The van der Waals surface area contributed by atoms with Crippen LogP contribution in [0.15, 0.2) is 48.5 Å². The maximum Gasteiger partial charge on any atom is 0.417 e. The number of rotatable bonds is 2. The Morgan fingerprint density at radius 1 is 1.11 bits per heavy atom. The number of benzene rings is 2. The molecule has 1 aliphatic heterocycles. The van der Waals surface area contributed by atoms with Gasteiger partial charge in [-0.1, -0.05) is 18.2 Å². The van der Waals surface area contributed by atoms with Gasteiger partial charge in [-0.3, -0.25) is 5.32 Å². The van der Waals surface area contributed by atoms with E-state index in [-0.39, 0.29) is 8.22 Å². The molecule has 1 aliphatic rings. The van der Waals surface area contributed by atoms with E-state index in [9.17, 15) is 4.79 Å². The Labute approximate surface area is 111 Å². The summed E-state index contributed by atoms with van der Waals surface area (Å²) >= 11 is 0. The number of carbonyl (C=O) groups is 1. The molecule has 0 fully saturated rings. The Hall–Kier alpha value is -2.69. The Kier molecular flexibility index (Phi) is 2.94. The number of nitrogens with one attached hydrogen (secondary N) is 1. The molecule has 0 aliphatic carbocycles. The number of hydrogen-bond donors (Lipinski definition) is 1. The first kappa shape index (κ1) is 11.4. The van der Waals surface area contributed by atoms with Crippen LogP contribution in [-0.4, -0.2) is 12.9 Å². The number of hydrogen-bond acceptors (Lipinski definition) is 4. The van der Waals surface area contributed by atoms with Crippen LogP contribution in [0.1, 0.15) is 1.43 Å². The molecule has 2 aromatic carbocycles. The molecular formula is C14H13NO4. The molecule has 0 radical (unpaired) electrons. The Balaban J connectivity index is 0.00000147. The van der Waals surface area contributed by atoms with E-state index in [2.05, 4.69) is 5.32 Å². The molecule has 0 spiro atoms. The van der Waals surface area contributed by atoms with Crippen LogP contribution in [0.2, 0.25) is 0 Å². The lowest BCUT2D eigenvalue weighted by molar-refractivity contribution is 0.174. The number of amides is 1. The maximum absolute atomic E-state index is 11.7. The summed E-state index contributed by atoms with van der Waals surface area (Å²) in [5.74, 6) is 1.76. The minimum absolute atomic E-state index is 0. The molecule has 0 saturated carbocycles.